The van der Waals surface area contributed by atoms with E-state index in [9.17, 15) is 14.4 Å². The van der Waals surface area contributed by atoms with E-state index in [1.54, 1.807) is 24.3 Å². The largest absolute Gasteiger partial charge is 0.326 e. The molecule has 1 N–H and O–H groups in total. The predicted octanol–water partition coefficient (Wildman–Crippen LogP) is 4.47. The lowest BCUT2D eigenvalue weighted by Crippen LogP contribution is -2.33. The molecule has 2 aliphatic rings. The third kappa shape index (κ3) is 4.91. The van der Waals surface area contributed by atoms with Crippen molar-refractivity contribution in [3.05, 3.63) is 65.2 Å². The quantitative estimate of drug-likeness (QED) is 0.624. The Morgan fingerprint density at radius 3 is 2.28 bits per heavy atom. The van der Waals surface area contributed by atoms with Gasteiger partial charge in [-0.25, -0.2) is 0 Å². The zero-order valence-corrected chi connectivity index (χ0v) is 18.7. The fourth-order valence-corrected chi connectivity index (χ4v) is 4.75. The van der Waals surface area contributed by atoms with E-state index in [4.69, 9.17) is 0 Å². The highest BCUT2D eigenvalue weighted by molar-refractivity contribution is 6.21. The van der Waals surface area contributed by atoms with Gasteiger partial charge in [0.25, 0.3) is 11.8 Å². The van der Waals surface area contributed by atoms with Gasteiger partial charge in [-0.05, 0) is 50.1 Å². The summed E-state index contributed by atoms with van der Waals surface area (Å²) in [5.41, 5.74) is 2.83. The van der Waals surface area contributed by atoms with E-state index in [0.717, 1.165) is 17.8 Å². The van der Waals surface area contributed by atoms with Gasteiger partial charge in [-0.15, -0.1) is 0 Å². The highest BCUT2D eigenvalue weighted by atomic mass is 16.2. The third-order valence-electron chi connectivity index (χ3n) is 6.57. The highest BCUT2D eigenvalue weighted by Gasteiger charge is 2.34. The molecular formula is C26H31N3O3. The van der Waals surface area contributed by atoms with E-state index >= 15 is 0 Å². The Morgan fingerprint density at radius 1 is 0.969 bits per heavy atom. The van der Waals surface area contributed by atoms with Crippen LogP contribution in [-0.4, -0.2) is 47.2 Å². The normalized spacial score (nSPS) is 16.5. The molecule has 168 valence electrons. The minimum absolute atomic E-state index is 0.102. The number of amides is 3. The molecule has 0 radical (unpaired) electrons. The number of rotatable bonds is 8. The molecule has 2 aromatic rings. The van der Waals surface area contributed by atoms with E-state index in [2.05, 4.69) is 23.3 Å². The summed E-state index contributed by atoms with van der Waals surface area (Å²) in [5.74, 6) is -0.654. The van der Waals surface area contributed by atoms with Crippen molar-refractivity contribution in [1.82, 2.24) is 9.80 Å². The molecule has 0 atom stereocenters. The SMILES string of the molecule is CN(Cc1ccccc1NC(=O)CCCN1C(=O)c2ccccc2C1=O)C1CCCCC1. The summed E-state index contributed by atoms with van der Waals surface area (Å²) in [6.07, 6.45) is 7.08. The number of imide groups is 1. The van der Waals surface area contributed by atoms with E-state index in [-0.39, 0.29) is 30.7 Å². The minimum atomic E-state index is -0.276. The topological polar surface area (TPSA) is 69.7 Å². The Balaban J connectivity index is 1.29. The van der Waals surface area contributed by atoms with Gasteiger partial charge < -0.3 is 5.32 Å². The molecule has 1 aliphatic heterocycles. The van der Waals surface area contributed by atoms with Crippen molar-refractivity contribution in [1.29, 1.82) is 0 Å². The Kier molecular flexibility index (Phi) is 7.00. The number of hydrogen-bond acceptors (Lipinski definition) is 4. The minimum Gasteiger partial charge on any atom is -0.326 e. The molecule has 4 rings (SSSR count). The number of nitrogens with zero attached hydrogens (tertiary/aromatic N) is 2. The molecule has 6 heteroatoms. The zero-order valence-electron chi connectivity index (χ0n) is 18.7. The monoisotopic (exact) mass is 433 g/mol. The van der Waals surface area contributed by atoms with Crippen molar-refractivity contribution in [3.8, 4) is 0 Å². The molecule has 1 saturated carbocycles. The number of hydrogen-bond donors (Lipinski definition) is 1. The Morgan fingerprint density at radius 2 is 1.59 bits per heavy atom. The molecule has 0 saturated heterocycles. The van der Waals surface area contributed by atoms with Crippen LogP contribution in [0.5, 0.6) is 0 Å². The predicted molar refractivity (Wildman–Crippen MR) is 124 cm³/mol. The molecule has 0 bridgehead atoms. The third-order valence-corrected chi connectivity index (χ3v) is 6.57. The molecular weight excluding hydrogens is 402 g/mol. The first-order valence-electron chi connectivity index (χ1n) is 11.6. The molecule has 1 heterocycles. The second kappa shape index (κ2) is 10.1. The van der Waals surface area contributed by atoms with Crippen LogP contribution < -0.4 is 5.32 Å². The molecule has 0 spiro atoms. The molecule has 0 aromatic heterocycles. The summed E-state index contributed by atoms with van der Waals surface area (Å²) < 4.78 is 0. The van der Waals surface area contributed by atoms with Gasteiger partial charge in [0.1, 0.15) is 0 Å². The number of benzene rings is 2. The first-order valence-corrected chi connectivity index (χ1v) is 11.6. The number of anilines is 1. The van der Waals surface area contributed by atoms with Gasteiger partial charge in [-0.3, -0.25) is 24.2 Å². The lowest BCUT2D eigenvalue weighted by atomic mass is 9.94. The number of carbonyl (C=O) groups excluding carboxylic acids is 3. The van der Waals surface area contributed by atoms with Crippen molar-refractivity contribution in [2.45, 2.75) is 57.5 Å². The molecule has 32 heavy (non-hydrogen) atoms. The van der Waals surface area contributed by atoms with Crippen LogP contribution in [-0.2, 0) is 11.3 Å². The summed E-state index contributed by atoms with van der Waals surface area (Å²) in [6.45, 7) is 1.04. The van der Waals surface area contributed by atoms with E-state index in [0.29, 0.717) is 23.6 Å². The molecule has 0 unspecified atom stereocenters. The maximum atomic E-state index is 12.6. The zero-order chi connectivity index (χ0) is 22.5. The summed E-state index contributed by atoms with van der Waals surface area (Å²) in [4.78, 5) is 41.1. The standard InChI is InChI=1S/C26H31N3O3/c1-28(20-11-3-2-4-12-20)18-19-10-5-8-15-23(19)27-24(30)16-9-17-29-25(31)21-13-6-7-14-22(21)26(29)32/h5-8,10,13-15,20H,2-4,9,11-12,16-18H2,1H3,(H,27,30). The van der Waals surface area contributed by atoms with Crippen LogP contribution >= 0.6 is 0 Å². The lowest BCUT2D eigenvalue weighted by Gasteiger charge is -2.31. The van der Waals surface area contributed by atoms with Gasteiger partial charge in [0.05, 0.1) is 11.1 Å². The van der Waals surface area contributed by atoms with Crippen LogP contribution in [0.3, 0.4) is 0 Å². The first-order chi connectivity index (χ1) is 15.5. The van der Waals surface area contributed by atoms with E-state index in [1.165, 1.54) is 37.0 Å². The first kappa shape index (κ1) is 22.2. The van der Waals surface area contributed by atoms with Crippen LogP contribution in [0.1, 0.15) is 71.2 Å². The average Bonchev–Trinajstić information content (AvgIpc) is 3.06. The molecule has 6 nitrogen and oxygen atoms in total. The van der Waals surface area contributed by atoms with Crippen LogP contribution in [0.25, 0.3) is 0 Å². The summed E-state index contributed by atoms with van der Waals surface area (Å²) >= 11 is 0. The van der Waals surface area contributed by atoms with E-state index < -0.39 is 0 Å². The van der Waals surface area contributed by atoms with E-state index in [1.807, 2.05) is 18.2 Å². The number of fused-ring (bicyclic) bond motifs is 1. The Labute approximate surface area is 189 Å². The number of carbonyl (C=O) groups is 3. The van der Waals surface area contributed by atoms with Crippen LogP contribution in [0, 0.1) is 0 Å². The Bertz CT molecular complexity index is 962. The van der Waals surface area contributed by atoms with Crippen molar-refractivity contribution < 1.29 is 14.4 Å². The Hall–Kier alpha value is -2.99. The molecule has 2 aromatic carbocycles. The second-order valence-electron chi connectivity index (χ2n) is 8.82. The molecule has 1 fully saturated rings. The molecule has 3 amide bonds. The van der Waals surface area contributed by atoms with Crippen molar-refractivity contribution in [2.75, 3.05) is 18.9 Å². The van der Waals surface area contributed by atoms with Gasteiger partial charge in [-0.2, -0.15) is 0 Å². The highest BCUT2D eigenvalue weighted by Crippen LogP contribution is 2.25. The summed E-state index contributed by atoms with van der Waals surface area (Å²) in [7, 11) is 2.16. The molecule has 1 aliphatic carbocycles. The van der Waals surface area contributed by atoms with Crippen LogP contribution in [0.2, 0.25) is 0 Å². The van der Waals surface area contributed by atoms with Crippen LogP contribution in [0.15, 0.2) is 48.5 Å². The van der Waals surface area contributed by atoms with Gasteiger partial charge in [0.15, 0.2) is 0 Å². The van der Waals surface area contributed by atoms with Crippen molar-refractivity contribution in [3.63, 3.8) is 0 Å². The fraction of sp³-hybridized carbons (Fsp3) is 0.423. The van der Waals surface area contributed by atoms with Crippen molar-refractivity contribution in [2.24, 2.45) is 0 Å². The van der Waals surface area contributed by atoms with Gasteiger partial charge in [0, 0.05) is 31.2 Å². The van der Waals surface area contributed by atoms with Gasteiger partial charge >= 0.3 is 0 Å². The summed E-state index contributed by atoms with van der Waals surface area (Å²) in [5, 5.41) is 3.03. The lowest BCUT2D eigenvalue weighted by molar-refractivity contribution is -0.116. The number of nitrogens with one attached hydrogen (secondary N) is 1. The maximum absolute atomic E-state index is 12.6. The number of para-hydroxylation sites is 1. The average molecular weight is 434 g/mol. The van der Waals surface area contributed by atoms with Crippen LogP contribution in [0.4, 0.5) is 5.69 Å². The smallest absolute Gasteiger partial charge is 0.261 e. The van der Waals surface area contributed by atoms with Crippen molar-refractivity contribution >= 4 is 23.4 Å². The van der Waals surface area contributed by atoms with Gasteiger partial charge in [0.2, 0.25) is 5.91 Å². The maximum Gasteiger partial charge on any atom is 0.261 e. The second-order valence-corrected chi connectivity index (χ2v) is 8.82. The summed E-state index contributed by atoms with van der Waals surface area (Å²) in [6, 6.07) is 15.4. The fourth-order valence-electron chi connectivity index (χ4n) is 4.75. The van der Waals surface area contributed by atoms with Gasteiger partial charge in [-0.1, -0.05) is 49.6 Å².